The van der Waals surface area contributed by atoms with E-state index in [1.807, 2.05) is 0 Å². The third kappa shape index (κ3) is 4.40. The van der Waals surface area contributed by atoms with Crippen LogP contribution in [-0.4, -0.2) is 6.61 Å². The van der Waals surface area contributed by atoms with Crippen LogP contribution in [-0.2, 0) is 0 Å². The van der Waals surface area contributed by atoms with Crippen molar-refractivity contribution in [2.24, 2.45) is 0 Å². The van der Waals surface area contributed by atoms with Crippen LogP contribution in [0.15, 0.2) is 12.1 Å². The molecule has 4 heteroatoms. The molecule has 0 aliphatic heterocycles. The second-order valence-electron chi connectivity index (χ2n) is 3.61. The Kier molecular flexibility index (Phi) is 6.33. The zero-order chi connectivity index (χ0) is 12.0. The smallest absolute Gasteiger partial charge is 0.139 e. The van der Waals surface area contributed by atoms with Gasteiger partial charge in [0.1, 0.15) is 5.75 Å². The van der Waals surface area contributed by atoms with Gasteiger partial charge < -0.3 is 4.74 Å². The van der Waals surface area contributed by atoms with Crippen LogP contribution < -0.4 is 4.74 Å². The molecule has 0 N–H and O–H groups in total. The van der Waals surface area contributed by atoms with Crippen molar-refractivity contribution in [3.8, 4) is 5.75 Å². The minimum absolute atomic E-state index is 0.449. The maximum atomic E-state index is 5.97. The third-order valence-electron chi connectivity index (χ3n) is 2.23. The van der Waals surface area contributed by atoms with Crippen LogP contribution in [0.25, 0.3) is 0 Å². The van der Waals surface area contributed by atoms with E-state index in [0.29, 0.717) is 27.4 Å². The minimum atomic E-state index is 0.449. The fraction of sp³-hybridized carbons (Fsp3) is 0.500. The number of benzene rings is 1. The molecule has 1 nitrogen and oxygen atoms in total. The largest absolute Gasteiger partial charge is 0.492 e. The molecular weight excluding hydrogens is 266 g/mol. The summed E-state index contributed by atoms with van der Waals surface area (Å²) in [5, 5.41) is 1.42. The molecule has 0 spiro atoms. The first-order valence-electron chi connectivity index (χ1n) is 5.42. The summed E-state index contributed by atoms with van der Waals surface area (Å²) in [6, 6.07) is 3.26. The first kappa shape index (κ1) is 14.0. The summed E-state index contributed by atoms with van der Waals surface area (Å²) in [7, 11) is 0. The Balaban J connectivity index is 2.45. The summed E-state index contributed by atoms with van der Waals surface area (Å²) in [5.74, 6) is 0.604. The van der Waals surface area contributed by atoms with E-state index < -0.39 is 0 Å². The molecule has 90 valence electrons. The second-order valence-corrected chi connectivity index (χ2v) is 4.83. The van der Waals surface area contributed by atoms with Crippen LogP contribution in [0, 0.1) is 0 Å². The number of rotatable bonds is 6. The Morgan fingerprint density at radius 2 is 1.62 bits per heavy atom. The van der Waals surface area contributed by atoms with Gasteiger partial charge in [-0.3, -0.25) is 0 Å². The van der Waals surface area contributed by atoms with Gasteiger partial charge in [-0.15, -0.1) is 0 Å². The Morgan fingerprint density at radius 3 is 2.31 bits per heavy atom. The summed E-state index contributed by atoms with van der Waals surface area (Å²) < 4.78 is 5.54. The summed E-state index contributed by atoms with van der Waals surface area (Å²) in [4.78, 5) is 0. The fourth-order valence-corrected chi connectivity index (χ4v) is 1.92. The summed E-state index contributed by atoms with van der Waals surface area (Å²) in [5.41, 5.74) is 0. The Morgan fingerprint density at radius 1 is 0.938 bits per heavy atom. The van der Waals surface area contributed by atoms with Gasteiger partial charge >= 0.3 is 0 Å². The molecule has 0 aliphatic carbocycles. The van der Waals surface area contributed by atoms with Crippen molar-refractivity contribution in [1.29, 1.82) is 0 Å². The summed E-state index contributed by atoms with van der Waals surface area (Å²) in [6.07, 6.45) is 4.66. The van der Waals surface area contributed by atoms with Gasteiger partial charge in [-0.1, -0.05) is 61.0 Å². The molecule has 1 aromatic rings. The van der Waals surface area contributed by atoms with E-state index >= 15 is 0 Å². The van der Waals surface area contributed by atoms with Crippen molar-refractivity contribution in [2.75, 3.05) is 6.61 Å². The number of unbranched alkanes of at least 4 members (excludes halogenated alkanes) is 3. The quantitative estimate of drug-likeness (QED) is 0.487. The Bertz CT molecular complexity index is 339. The van der Waals surface area contributed by atoms with Crippen molar-refractivity contribution in [1.82, 2.24) is 0 Å². The predicted molar refractivity (Wildman–Crippen MR) is 71.1 cm³/mol. The molecule has 0 aromatic heterocycles. The normalized spacial score (nSPS) is 10.5. The van der Waals surface area contributed by atoms with E-state index in [2.05, 4.69) is 6.92 Å². The van der Waals surface area contributed by atoms with E-state index in [1.54, 1.807) is 12.1 Å². The van der Waals surface area contributed by atoms with Gasteiger partial charge in [0.25, 0.3) is 0 Å². The molecule has 1 rings (SSSR count). The summed E-state index contributed by atoms with van der Waals surface area (Å²) in [6.45, 7) is 2.84. The molecule has 1 aromatic carbocycles. The number of hydrogen-bond acceptors (Lipinski definition) is 1. The molecule has 0 saturated carbocycles. The van der Waals surface area contributed by atoms with Crippen LogP contribution in [0.2, 0.25) is 15.1 Å². The molecule has 0 heterocycles. The SMILES string of the molecule is CCCCCCOc1cc(Cl)c(Cl)cc1Cl. The lowest BCUT2D eigenvalue weighted by atomic mass is 10.2. The first-order chi connectivity index (χ1) is 7.65. The average Bonchev–Trinajstić information content (AvgIpc) is 2.25. The molecule has 0 radical (unpaired) electrons. The van der Waals surface area contributed by atoms with Crippen molar-refractivity contribution in [3.05, 3.63) is 27.2 Å². The average molecular weight is 282 g/mol. The van der Waals surface area contributed by atoms with Crippen LogP contribution >= 0.6 is 34.8 Å². The highest BCUT2D eigenvalue weighted by Gasteiger charge is 2.06. The third-order valence-corrected chi connectivity index (χ3v) is 3.25. The van der Waals surface area contributed by atoms with E-state index in [1.165, 1.54) is 19.3 Å². The van der Waals surface area contributed by atoms with Crippen LogP contribution in [0.5, 0.6) is 5.75 Å². The van der Waals surface area contributed by atoms with Crippen LogP contribution in [0.1, 0.15) is 32.6 Å². The zero-order valence-electron chi connectivity index (χ0n) is 9.23. The van der Waals surface area contributed by atoms with Crippen molar-refractivity contribution in [2.45, 2.75) is 32.6 Å². The van der Waals surface area contributed by atoms with Gasteiger partial charge in [-0.25, -0.2) is 0 Å². The summed E-state index contributed by atoms with van der Waals surface area (Å²) >= 11 is 17.7. The topological polar surface area (TPSA) is 9.23 Å². The number of ether oxygens (including phenoxy) is 1. The van der Waals surface area contributed by atoms with Crippen LogP contribution in [0.4, 0.5) is 0 Å². The van der Waals surface area contributed by atoms with Crippen molar-refractivity contribution < 1.29 is 4.74 Å². The molecule has 0 amide bonds. The highest BCUT2D eigenvalue weighted by atomic mass is 35.5. The minimum Gasteiger partial charge on any atom is -0.492 e. The van der Waals surface area contributed by atoms with Gasteiger partial charge in [0.05, 0.1) is 21.7 Å². The van der Waals surface area contributed by atoms with Crippen molar-refractivity contribution in [3.63, 3.8) is 0 Å². The van der Waals surface area contributed by atoms with Gasteiger partial charge in [0, 0.05) is 6.07 Å². The van der Waals surface area contributed by atoms with E-state index in [9.17, 15) is 0 Å². The number of halogens is 3. The van der Waals surface area contributed by atoms with Gasteiger partial charge in [0.2, 0.25) is 0 Å². The molecule has 0 atom stereocenters. The molecule has 16 heavy (non-hydrogen) atoms. The fourth-order valence-electron chi connectivity index (χ4n) is 1.33. The lowest BCUT2D eigenvalue weighted by molar-refractivity contribution is 0.305. The van der Waals surface area contributed by atoms with E-state index in [4.69, 9.17) is 39.5 Å². The van der Waals surface area contributed by atoms with Gasteiger partial charge in [0.15, 0.2) is 0 Å². The monoisotopic (exact) mass is 280 g/mol. The van der Waals surface area contributed by atoms with Crippen molar-refractivity contribution >= 4 is 34.8 Å². The molecule has 0 aliphatic rings. The molecule has 0 bridgehead atoms. The van der Waals surface area contributed by atoms with E-state index in [0.717, 1.165) is 6.42 Å². The Labute approximate surface area is 112 Å². The van der Waals surface area contributed by atoms with Gasteiger partial charge in [-0.2, -0.15) is 0 Å². The molecule has 0 fully saturated rings. The predicted octanol–water partition coefficient (Wildman–Crippen LogP) is 5.61. The highest BCUT2D eigenvalue weighted by Crippen LogP contribution is 2.33. The molecular formula is C12H15Cl3O. The standard InChI is InChI=1S/C12H15Cl3O/c1-2-3-4-5-6-16-12-8-10(14)9(13)7-11(12)15/h7-8H,2-6H2,1H3. The highest BCUT2D eigenvalue weighted by molar-refractivity contribution is 6.43. The lowest BCUT2D eigenvalue weighted by Gasteiger charge is -2.09. The molecule has 0 saturated heterocycles. The maximum Gasteiger partial charge on any atom is 0.139 e. The number of hydrogen-bond donors (Lipinski definition) is 0. The van der Waals surface area contributed by atoms with E-state index in [-0.39, 0.29) is 0 Å². The zero-order valence-corrected chi connectivity index (χ0v) is 11.5. The van der Waals surface area contributed by atoms with Crippen LogP contribution in [0.3, 0.4) is 0 Å². The van der Waals surface area contributed by atoms with Gasteiger partial charge in [-0.05, 0) is 12.5 Å². The maximum absolute atomic E-state index is 5.97. The Hall–Kier alpha value is -0.110. The second kappa shape index (κ2) is 7.26. The lowest BCUT2D eigenvalue weighted by Crippen LogP contribution is -1.97. The molecule has 0 unspecified atom stereocenters. The first-order valence-corrected chi connectivity index (χ1v) is 6.56.